The van der Waals surface area contributed by atoms with E-state index in [1.165, 1.54) is 23.1 Å². The van der Waals surface area contributed by atoms with Crippen molar-refractivity contribution >= 4 is 21.9 Å². The average molecular weight is 400 g/mol. The summed E-state index contributed by atoms with van der Waals surface area (Å²) in [7, 11) is -3.70. The highest BCUT2D eigenvalue weighted by atomic mass is 32.2. The second-order valence-corrected chi connectivity index (χ2v) is 8.51. The van der Waals surface area contributed by atoms with Crippen molar-refractivity contribution in [3.8, 4) is 0 Å². The molecule has 0 spiro atoms. The lowest BCUT2D eigenvalue weighted by atomic mass is 9.97. The van der Waals surface area contributed by atoms with Gasteiger partial charge >= 0.3 is 5.97 Å². The number of carbonyl (C=O) groups is 2. The third-order valence-corrected chi connectivity index (χ3v) is 5.75. The van der Waals surface area contributed by atoms with E-state index in [1.54, 1.807) is 13.0 Å². The van der Waals surface area contributed by atoms with Crippen molar-refractivity contribution in [1.29, 1.82) is 0 Å². The highest BCUT2D eigenvalue weighted by Crippen LogP contribution is 2.20. The topological polar surface area (TPSA) is 84.0 Å². The second-order valence-electron chi connectivity index (χ2n) is 6.53. The summed E-state index contributed by atoms with van der Waals surface area (Å²) >= 11 is 0. The Hall–Kier alpha value is -2.00. The SMILES string of the molecule is CCOC(=O)C1CCN(C(=O)CN(Cc2ccccc2F)S(C)(=O)=O)CC1. The van der Waals surface area contributed by atoms with Crippen molar-refractivity contribution < 1.29 is 27.1 Å². The average Bonchev–Trinajstić information content (AvgIpc) is 2.62. The molecular weight excluding hydrogens is 375 g/mol. The number of rotatable bonds is 7. The second kappa shape index (κ2) is 9.27. The van der Waals surface area contributed by atoms with Gasteiger partial charge in [0.2, 0.25) is 15.9 Å². The summed E-state index contributed by atoms with van der Waals surface area (Å²) in [5, 5.41) is 0. The van der Waals surface area contributed by atoms with E-state index in [1.807, 2.05) is 0 Å². The van der Waals surface area contributed by atoms with Crippen molar-refractivity contribution in [2.45, 2.75) is 26.3 Å². The van der Waals surface area contributed by atoms with E-state index in [2.05, 4.69) is 0 Å². The fourth-order valence-electron chi connectivity index (χ4n) is 2.98. The van der Waals surface area contributed by atoms with Crippen LogP contribution >= 0.6 is 0 Å². The minimum absolute atomic E-state index is 0.205. The Morgan fingerprint density at radius 3 is 2.44 bits per heavy atom. The zero-order valence-electron chi connectivity index (χ0n) is 15.6. The Morgan fingerprint density at radius 2 is 1.89 bits per heavy atom. The molecule has 1 heterocycles. The quantitative estimate of drug-likeness (QED) is 0.646. The Balaban J connectivity index is 1.99. The normalized spacial score (nSPS) is 15.8. The van der Waals surface area contributed by atoms with Gasteiger partial charge in [0.15, 0.2) is 0 Å². The number of sulfonamides is 1. The van der Waals surface area contributed by atoms with E-state index in [0.717, 1.165) is 10.6 Å². The van der Waals surface area contributed by atoms with Gasteiger partial charge in [0.05, 0.1) is 25.3 Å². The smallest absolute Gasteiger partial charge is 0.309 e. The maximum absolute atomic E-state index is 13.9. The highest BCUT2D eigenvalue weighted by molar-refractivity contribution is 7.88. The van der Waals surface area contributed by atoms with Crippen molar-refractivity contribution in [3.05, 3.63) is 35.6 Å². The van der Waals surface area contributed by atoms with Gasteiger partial charge in [-0.05, 0) is 25.8 Å². The zero-order chi connectivity index (χ0) is 20.0. The minimum Gasteiger partial charge on any atom is -0.466 e. The molecule has 0 radical (unpaired) electrons. The fraction of sp³-hybridized carbons (Fsp3) is 0.556. The number of hydrogen-bond acceptors (Lipinski definition) is 5. The van der Waals surface area contributed by atoms with Crippen LogP contribution in [0, 0.1) is 11.7 Å². The molecular formula is C18H25FN2O5S. The highest BCUT2D eigenvalue weighted by Gasteiger charge is 2.30. The molecule has 1 aromatic rings. The van der Waals surface area contributed by atoms with Gasteiger partial charge in [-0.2, -0.15) is 4.31 Å². The number of benzene rings is 1. The molecule has 1 aliphatic heterocycles. The molecule has 0 unspecified atom stereocenters. The third-order valence-electron chi connectivity index (χ3n) is 4.55. The van der Waals surface area contributed by atoms with Gasteiger partial charge in [-0.1, -0.05) is 18.2 Å². The van der Waals surface area contributed by atoms with Crippen molar-refractivity contribution in [3.63, 3.8) is 0 Å². The van der Waals surface area contributed by atoms with Gasteiger partial charge < -0.3 is 9.64 Å². The standard InChI is InChI=1S/C18H25FN2O5S/c1-3-26-18(23)14-8-10-20(11-9-14)17(22)13-21(27(2,24)25)12-15-6-4-5-7-16(15)19/h4-7,14H,3,8-13H2,1-2H3. The van der Waals surface area contributed by atoms with Crippen molar-refractivity contribution in [1.82, 2.24) is 9.21 Å². The number of carbonyl (C=O) groups excluding carboxylic acids is 2. The first kappa shape index (κ1) is 21.3. The molecule has 1 aromatic carbocycles. The molecule has 0 atom stereocenters. The van der Waals surface area contributed by atoms with E-state index in [9.17, 15) is 22.4 Å². The monoisotopic (exact) mass is 400 g/mol. The van der Waals surface area contributed by atoms with Crippen LogP contribution in [-0.4, -0.2) is 62.0 Å². The van der Waals surface area contributed by atoms with E-state index in [4.69, 9.17) is 4.74 Å². The Labute approximate surface area is 159 Å². The van der Waals surface area contributed by atoms with Crippen LogP contribution in [0.4, 0.5) is 4.39 Å². The largest absolute Gasteiger partial charge is 0.466 e. The number of amides is 1. The number of hydrogen-bond donors (Lipinski definition) is 0. The first-order valence-corrected chi connectivity index (χ1v) is 10.7. The molecule has 150 valence electrons. The van der Waals surface area contributed by atoms with Crippen LogP contribution < -0.4 is 0 Å². The van der Waals surface area contributed by atoms with Crippen LogP contribution in [0.25, 0.3) is 0 Å². The van der Waals surface area contributed by atoms with E-state index in [-0.39, 0.29) is 36.4 Å². The lowest BCUT2D eigenvalue weighted by molar-refractivity contribution is -0.151. The van der Waals surface area contributed by atoms with Gasteiger partial charge in [0.25, 0.3) is 0 Å². The van der Waals surface area contributed by atoms with E-state index in [0.29, 0.717) is 32.5 Å². The molecule has 0 aromatic heterocycles. The van der Waals surface area contributed by atoms with E-state index < -0.39 is 15.8 Å². The molecule has 9 heteroatoms. The molecule has 27 heavy (non-hydrogen) atoms. The summed E-state index contributed by atoms with van der Waals surface area (Å²) < 4.78 is 43.9. The molecule has 0 aliphatic carbocycles. The van der Waals surface area contributed by atoms with Crippen LogP contribution in [0.3, 0.4) is 0 Å². The summed E-state index contributed by atoms with van der Waals surface area (Å²) in [6.45, 7) is 2.20. The van der Waals surface area contributed by atoms with Crippen LogP contribution in [0.5, 0.6) is 0 Å². The zero-order valence-corrected chi connectivity index (χ0v) is 16.4. The molecule has 0 bridgehead atoms. The lowest BCUT2D eigenvalue weighted by Crippen LogP contribution is -2.46. The predicted molar refractivity (Wildman–Crippen MR) is 97.6 cm³/mol. The van der Waals surface area contributed by atoms with Gasteiger partial charge in [-0.15, -0.1) is 0 Å². The molecule has 2 rings (SSSR count). The van der Waals surface area contributed by atoms with Crippen molar-refractivity contribution in [2.75, 3.05) is 32.5 Å². The Bertz CT molecular complexity index is 776. The van der Waals surface area contributed by atoms with Crippen LogP contribution in [0.15, 0.2) is 24.3 Å². The predicted octanol–water partition coefficient (Wildman–Crippen LogP) is 1.39. The lowest BCUT2D eigenvalue weighted by Gasteiger charge is -2.32. The molecule has 0 N–H and O–H groups in total. The molecule has 0 saturated carbocycles. The summed E-state index contributed by atoms with van der Waals surface area (Å²) in [4.78, 5) is 25.8. The first-order chi connectivity index (χ1) is 12.7. The van der Waals surface area contributed by atoms with Gasteiger partial charge in [-0.25, -0.2) is 12.8 Å². The number of nitrogens with zero attached hydrogens (tertiary/aromatic N) is 2. The molecule has 7 nitrogen and oxygen atoms in total. The van der Waals surface area contributed by atoms with Crippen LogP contribution in [0.2, 0.25) is 0 Å². The third kappa shape index (κ3) is 6.00. The number of likely N-dealkylation sites (tertiary alicyclic amines) is 1. The maximum atomic E-state index is 13.9. The van der Waals surface area contributed by atoms with Gasteiger partial charge in [0, 0.05) is 25.2 Å². The fourth-order valence-corrected chi connectivity index (χ4v) is 3.70. The first-order valence-electron chi connectivity index (χ1n) is 8.85. The number of piperidine rings is 1. The molecule has 1 amide bonds. The van der Waals surface area contributed by atoms with Gasteiger partial charge in [0.1, 0.15) is 5.82 Å². The minimum atomic E-state index is -3.70. The maximum Gasteiger partial charge on any atom is 0.309 e. The number of halogens is 1. The number of ether oxygens (including phenoxy) is 1. The summed E-state index contributed by atoms with van der Waals surface area (Å²) in [6, 6.07) is 5.86. The summed E-state index contributed by atoms with van der Waals surface area (Å²) in [5.74, 6) is -1.38. The molecule has 1 aliphatic rings. The number of esters is 1. The van der Waals surface area contributed by atoms with Crippen LogP contribution in [-0.2, 0) is 30.9 Å². The van der Waals surface area contributed by atoms with E-state index >= 15 is 0 Å². The Kier molecular flexibility index (Phi) is 7.32. The van der Waals surface area contributed by atoms with Crippen LogP contribution in [0.1, 0.15) is 25.3 Å². The molecule has 1 saturated heterocycles. The molecule has 1 fully saturated rings. The van der Waals surface area contributed by atoms with Gasteiger partial charge in [-0.3, -0.25) is 9.59 Å². The van der Waals surface area contributed by atoms with Crippen molar-refractivity contribution in [2.24, 2.45) is 5.92 Å². The Morgan fingerprint density at radius 1 is 1.26 bits per heavy atom. The summed E-state index contributed by atoms with van der Waals surface area (Å²) in [6.07, 6.45) is 1.96. The summed E-state index contributed by atoms with van der Waals surface area (Å²) in [5.41, 5.74) is 0.205.